The fourth-order valence-corrected chi connectivity index (χ4v) is 3.42. The number of ketones is 1. The quantitative estimate of drug-likeness (QED) is 0.568. The minimum atomic E-state index is -0.144. The van der Waals surface area contributed by atoms with E-state index < -0.39 is 0 Å². The Morgan fingerprint density at radius 2 is 1.83 bits per heavy atom. The Morgan fingerprint density at radius 1 is 1.00 bits per heavy atom. The molecule has 0 fully saturated rings. The third-order valence-electron chi connectivity index (χ3n) is 3.92. The van der Waals surface area contributed by atoms with Crippen LogP contribution in [0.3, 0.4) is 0 Å². The molecule has 3 nitrogen and oxygen atoms in total. The van der Waals surface area contributed by atoms with E-state index in [9.17, 15) is 9.59 Å². The third-order valence-corrected chi connectivity index (χ3v) is 4.79. The summed E-state index contributed by atoms with van der Waals surface area (Å²) < 4.78 is 0. The van der Waals surface area contributed by atoms with Crippen LogP contribution >= 0.6 is 11.3 Å². The van der Waals surface area contributed by atoms with Gasteiger partial charge in [0.25, 0.3) is 5.91 Å². The smallest absolute Gasteiger partial charge is 0.256 e. The first-order valence-electron chi connectivity index (χ1n) is 7.53. The number of amides is 1. The normalized spacial score (nSPS) is 14.5. The van der Waals surface area contributed by atoms with Crippen molar-refractivity contribution in [2.24, 2.45) is 0 Å². The SMILES string of the molecule is O=C1Nc2ccc(C(=O)c3cccs3)cc2/C1=C/c1ccccc1. The summed E-state index contributed by atoms with van der Waals surface area (Å²) in [5.74, 6) is -0.166. The van der Waals surface area contributed by atoms with Crippen LogP contribution in [0.1, 0.15) is 26.4 Å². The van der Waals surface area contributed by atoms with E-state index >= 15 is 0 Å². The second kappa shape index (κ2) is 5.91. The van der Waals surface area contributed by atoms with E-state index in [1.165, 1.54) is 11.3 Å². The number of benzene rings is 2. The van der Waals surface area contributed by atoms with Crippen LogP contribution < -0.4 is 5.32 Å². The van der Waals surface area contributed by atoms with E-state index in [-0.39, 0.29) is 11.7 Å². The molecule has 4 rings (SSSR count). The van der Waals surface area contributed by atoms with Gasteiger partial charge in [-0.1, -0.05) is 36.4 Å². The summed E-state index contributed by atoms with van der Waals surface area (Å²) in [5, 5.41) is 4.73. The van der Waals surface area contributed by atoms with E-state index in [4.69, 9.17) is 0 Å². The molecule has 116 valence electrons. The zero-order chi connectivity index (χ0) is 16.5. The Hall–Kier alpha value is -2.98. The summed E-state index contributed by atoms with van der Waals surface area (Å²) in [6, 6.07) is 18.7. The molecule has 0 saturated heterocycles. The van der Waals surface area contributed by atoms with Crippen LogP contribution in [0.2, 0.25) is 0 Å². The summed E-state index contributed by atoms with van der Waals surface area (Å²) in [5.41, 5.74) is 3.63. The standard InChI is InChI=1S/C20H13NO2S/c22-19(18-7-4-10-24-18)14-8-9-17-15(12-14)16(20(23)21-17)11-13-5-2-1-3-6-13/h1-12H,(H,21,23)/b16-11-. The van der Waals surface area contributed by atoms with Gasteiger partial charge in [-0.2, -0.15) is 0 Å². The molecule has 1 amide bonds. The van der Waals surface area contributed by atoms with Crippen LogP contribution in [-0.2, 0) is 4.79 Å². The molecule has 1 aliphatic rings. The maximum atomic E-state index is 12.5. The van der Waals surface area contributed by atoms with Crippen molar-refractivity contribution in [3.8, 4) is 0 Å². The van der Waals surface area contributed by atoms with Gasteiger partial charge in [-0.25, -0.2) is 0 Å². The summed E-state index contributed by atoms with van der Waals surface area (Å²) in [6.07, 6.45) is 1.85. The molecule has 1 N–H and O–H groups in total. The number of thiophene rings is 1. The molecule has 2 aromatic carbocycles. The number of rotatable bonds is 3. The van der Waals surface area contributed by atoms with Crippen molar-refractivity contribution >= 4 is 40.4 Å². The van der Waals surface area contributed by atoms with Crippen LogP contribution in [-0.4, -0.2) is 11.7 Å². The maximum absolute atomic E-state index is 12.5. The third kappa shape index (κ3) is 2.57. The van der Waals surface area contributed by atoms with Gasteiger partial charge in [-0.15, -0.1) is 11.3 Å². The molecule has 0 atom stereocenters. The number of carbonyl (C=O) groups is 2. The number of nitrogens with one attached hydrogen (secondary N) is 1. The van der Waals surface area contributed by atoms with Gasteiger partial charge in [0.1, 0.15) is 0 Å². The van der Waals surface area contributed by atoms with E-state index in [1.54, 1.807) is 18.2 Å². The lowest BCUT2D eigenvalue weighted by Gasteiger charge is -2.03. The average molecular weight is 331 g/mol. The Balaban J connectivity index is 1.77. The molecule has 0 aliphatic carbocycles. The molecule has 0 bridgehead atoms. The van der Waals surface area contributed by atoms with Crippen LogP contribution in [0.15, 0.2) is 66.0 Å². The van der Waals surface area contributed by atoms with Gasteiger partial charge in [0, 0.05) is 22.4 Å². The van der Waals surface area contributed by atoms with E-state index in [0.29, 0.717) is 16.0 Å². The summed E-state index contributed by atoms with van der Waals surface area (Å²) in [4.78, 5) is 25.5. The fraction of sp³-hybridized carbons (Fsp3) is 0. The zero-order valence-corrected chi connectivity index (χ0v) is 13.5. The highest BCUT2D eigenvalue weighted by Crippen LogP contribution is 2.34. The molecule has 4 heteroatoms. The Kier molecular flexibility index (Phi) is 3.59. The first kappa shape index (κ1) is 14.6. The molecule has 2 heterocycles. The van der Waals surface area contributed by atoms with Gasteiger partial charge < -0.3 is 5.32 Å². The van der Waals surface area contributed by atoms with Crippen molar-refractivity contribution in [2.75, 3.05) is 5.32 Å². The van der Waals surface area contributed by atoms with Crippen molar-refractivity contribution in [1.29, 1.82) is 0 Å². The Bertz CT molecular complexity index is 957. The fourth-order valence-electron chi connectivity index (χ4n) is 2.74. The van der Waals surface area contributed by atoms with Gasteiger partial charge in [0.05, 0.1) is 4.88 Å². The molecular weight excluding hydrogens is 318 g/mol. The van der Waals surface area contributed by atoms with E-state index in [2.05, 4.69) is 5.32 Å². The molecule has 1 aromatic heterocycles. The molecule has 0 unspecified atom stereocenters. The summed E-state index contributed by atoms with van der Waals surface area (Å²) >= 11 is 1.42. The number of fused-ring (bicyclic) bond motifs is 1. The molecule has 0 saturated carbocycles. The number of hydrogen-bond acceptors (Lipinski definition) is 3. The Morgan fingerprint density at radius 3 is 2.58 bits per heavy atom. The van der Waals surface area contributed by atoms with Crippen LogP contribution in [0, 0.1) is 0 Å². The zero-order valence-electron chi connectivity index (χ0n) is 12.7. The molecule has 0 spiro atoms. The van der Waals surface area contributed by atoms with Gasteiger partial charge in [0.2, 0.25) is 5.78 Å². The topological polar surface area (TPSA) is 46.2 Å². The van der Waals surface area contributed by atoms with Crippen LogP contribution in [0.5, 0.6) is 0 Å². The minimum Gasteiger partial charge on any atom is -0.321 e. The Labute approximate surface area is 143 Å². The number of hydrogen-bond donors (Lipinski definition) is 1. The lowest BCUT2D eigenvalue weighted by molar-refractivity contribution is -0.110. The molecule has 0 radical (unpaired) electrons. The molecule has 1 aliphatic heterocycles. The number of anilines is 1. The van der Waals surface area contributed by atoms with Crippen molar-refractivity contribution < 1.29 is 9.59 Å². The first-order valence-corrected chi connectivity index (χ1v) is 8.41. The predicted octanol–water partition coefficient (Wildman–Crippen LogP) is 4.47. The summed E-state index contributed by atoms with van der Waals surface area (Å²) in [6.45, 7) is 0. The monoisotopic (exact) mass is 331 g/mol. The summed E-state index contributed by atoms with van der Waals surface area (Å²) in [7, 11) is 0. The van der Waals surface area contributed by atoms with E-state index in [0.717, 1.165) is 16.8 Å². The van der Waals surface area contributed by atoms with Gasteiger partial charge in [0.15, 0.2) is 0 Å². The highest BCUT2D eigenvalue weighted by Gasteiger charge is 2.25. The van der Waals surface area contributed by atoms with Crippen molar-refractivity contribution in [3.63, 3.8) is 0 Å². The maximum Gasteiger partial charge on any atom is 0.256 e. The average Bonchev–Trinajstić information content (AvgIpc) is 3.24. The van der Waals surface area contributed by atoms with Crippen molar-refractivity contribution in [3.05, 3.63) is 87.6 Å². The van der Waals surface area contributed by atoms with E-state index in [1.807, 2.05) is 53.9 Å². The molecular formula is C20H13NO2S. The lowest BCUT2D eigenvalue weighted by Crippen LogP contribution is -2.03. The van der Waals surface area contributed by atoms with Gasteiger partial charge >= 0.3 is 0 Å². The molecule has 3 aromatic rings. The van der Waals surface area contributed by atoms with Crippen molar-refractivity contribution in [1.82, 2.24) is 0 Å². The van der Waals surface area contributed by atoms with Crippen molar-refractivity contribution in [2.45, 2.75) is 0 Å². The van der Waals surface area contributed by atoms with Crippen LogP contribution in [0.25, 0.3) is 11.6 Å². The second-order valence-electron chi connectivity index (χ2n) is 5.49. The van der Waals surface area contributed by atoms with Gasteiger partial charge in [-0.05, 0) is 41.3 Å². The van der Waals surface area contributed by atoms with Gasteiger partial charge in [-0.3, -0.25) is 9.59 Å². The first-order chi connectivity index (χ1) is 11.7. The second-order valence-corrected chi connectivity index (χ2v) is 6.44. The highest BCUT2D eigenvalue weighted by atomic mass is 32.1. The van der Waals surface area contributed by atoms with Crippen LogP contribution in [0.4, 0.5) is 5.69 Å². The highest BCUT2D eigenvalue weighted by molar-refractivity contribution is 7.12. The largest absolute Gasteiger partial charge is 0.321 e. The predicted molar refractivity (Wildman–Crippen MR) is 97.1 cm³/mol. The number of carbonyl (C=O) groups excluding carboxylic acids is 2. The minimum absolute atomic E-state index is 0.0220. The lowest BCUT2D eigenvalue weighted by atomic mass is 9.99. The molecule has 24 heavy (non-hydrogen) atoms.